The van der Waals surface area contributed by atoms with Gasteiger partial charge in [0.2, 0.25) is 0 Å². The van der Waals surface area contributed by atoms with Gasteiger partial charge in [-0.2, -0.15) is 0 Å². The molecular weight excluding hydrogens is 540 g/mol. The molecule has 1 fully saturated rings. The predicted octanol–water partition coefficient (Wildman–Crippen LogP) is 5.91. The summed E-state index contributed by atoms with van der Waals surface area (Å²) in [5.41, 5.74) is 5.46. The fourth-order valence-electron chi connectivity index (χ4n) is 8.33. The number of rotatable bonds is 3. The van der Waals surface area contributed by atoms with Crippen LogP contribution < -0.4 is 5.32 Å². The van der Waals surface area contributed by atoms with Gasteiger partial charge in [0, 0.05) is 54.2 Å². The lowest BCUT2D eigenvalue weighted by Crippen LogP contribution is -2.61. The minimum Gasteiger partial charge on any atom is -0.374 e. The number of hydrogen-bond donors (Lipinski definition) is 1. The average molecular weight is 571 g/mol. The van der Waals surface area contributed by atoms with Crippen LogP contribution in [0.1, 0.15) is 45.9 Å². The van der Waals surface area contributed by atoms with Crippen molar-refractivity contribution in [2.45, 2.75) is 44.0 Å². The third-order valence-corrected chi connectivity index (χ3v) is 10.0. The first-order valence-corrected chi connectivity index (χ1v) is 14.8. The highest BCUT2D eigenvalue weighted by molar-refractivity contribution is 6.31. The first-order valence-electron chi connectivity index (χ1n) is 14.8. The highest BCUT2D eigenvalue weighted by Gasteiger charge is 2.55. The molecule has 4 aromatic carbocycles. The zero-order valence-electron chi connectivity index (χ0n) is 24.1. The number of hydrogen-bond acceptors (Lipinski definition) is 4. The van der Waals surface area contributed by atoms with Gasteiger partial charge in [0.25, 0.3) is 11.8 Å². The van der Waals surface area contributed by atoms with Crippen molar-refractivity contribution >= 4 is 55.4 Å². The number of nitrogens with one attached hydrogen (secondary N) is 1. The highest BCUT2D eigenvalue weighted by atomic mass is 16.6. The Labute approximate surface area is 247 Å². The van der Waals surface area contributed by atoms with Crippen molar-refractivity contribution in [2.24, 2.45) is 0 Å². The number of likely N-dealkylation sites (N-methyl/N-ethyl adjacent to an activating group) is 1. The van der Waals surface area contributed by atoms with Gasteiger partial charge >= 0.3 is 0 Å². The number of methoxy groups -OCH3 is 1. The number of nitrogens with zero attached hydrogens (tertiary/aromatic N) is 3. The molecule has 8 nitrogen and oxygen atoms in total. The van der Waals surface area contributed by atoms with Gasteiger partial charge in [-0.05, 0) is 36.8 Å². The Morgan fingerprint density at radius 3 is 2.37 bits per heavy atom. The molecule has 0 aliphatic carbocycles. The third kappa shape index (κ3) is 2.97. The second-order valence-corrected chi connectivity index (χ2v) is 12.1. The molecule has 0 radical (unpaired) electrons. The van der Waals surface area contributed by atoms with Gasteiger partial charge in [-0.3, -0.25) is 9.59 Å². The van der Waals surface area contributed by atoms with E-state index in [9.17, 15) is 9.59 Å². The number of fused-ring (bicyclic) bond motifs is 13. The van der Waals surface area contributed by atoms with Gasteiger partial charge in [0.15, 0.2) is 5.72 Å². The Kier molecular flexibility index (Phi) is 4.90. The van der Waals surface area contributed by atoms with E-state index in [-0.39, 0.29) is 17.9 Å². The van der Waals surface area contributed by atoms with E-state index >= 15 is 0 Å². The summed E-state index contributed by atoms with van der Waals surface area (Å²) in [5.74, 6) is -0.107. The molecule has 0 saturated carbocycles. The van der Waals surface area contributed by atoms with Gasteiger partial charge in [-0.25, -0.2) is 0 Å². The van der Waals surface area contributed by atoms with Crippen LogP contribution in [0.3, 0.4) is 0 Å². The molecule has 2 aromatic heterocycles. The summed E-state index contributed by atoms with van der Waals surface area (Å²) in [4.78, 5) is 29.2. The molecule has 214 valence electrons. The molecule has 1 N–H and O–H groups in total. The van der Waals surface area contributed by atoms with Crippen LogP contribution >= 0.6 is 0 Å². The Morgan fingerprint density at radius 2 is 1.63 bits per heavy atom. The summed E-state index contributed by atoms with van der Waals surface area (Å²) >= 11 is 0. The van der Waals surface area contributed by atoms with Crippen molar-refractivity contribution in [1.29, 1.82) is 0 Å². The normalized spacial score (nSPS) is 24.2. The van der Waals surface area contributed by atoms with Gasteiger partial charge in [0.05, 0.1) is 33.7 Å². The van der Waals surface area contributed by atoms with E-state index in [4.69, 9.17) is 9.47 Å². The second kappa shape index (κ2) is 8.46. The Hall–Kier alpha value is -4.66. The lowest BCUT2D eigenvalue weighted by molar-refractivity contribution is -0.264. The maximum atomic E-state index is 13.9. The lowest BCUT2D eigenvalue weighted by atomic mass is 9.91. The predicted molar refractivity (Wildman–Crippen MR) is 165 cm³/mol. The quantitative estimate of drug-likeness (QED) is 0.287. The minimum absolute atomic E-state index is 0.0446. The number of benzene rings is 4. The van der Waals surface area contributed by atoms with E-state index in [1.807, 2.05) is 66.5 Å². The summed E-state index contributed by atoms with van der Waals surface area (Å²) in [6, 6.07) is 25.7. The van der Waals surface area contributed by atoms with Crippen LogP contribution in [0.25, 0.3) is 43.6 Å². The Morgan fingerprint density at radius 1 is 0.953 bits per heavy atom. The number of aromatic nitrogens is 2. The van der Waals surface area contributed by atoms with E-state index in [1.54, 1.807) is 7.11 Å². The summed E-state index contributed by atoms with van der Waals surface area (Å²) in [6.45, 7) is 2.56. The maximum absolute atomic E-state index is 13.9. The first-order chi connectivity index (χ1) is 20.9. The summed E-state index contributed by atoms with van der Waals surface area (Å²) in [7, 11) is 3.57. The van der Waals surface area contributed by atoms with Crippen molar-refractivity contribution in [1.82, 2.24) is 19.4 Å². The van der Waals surface area contributed by atoms with Crippen molar-refractivity contribution in [3.05, 3.63) is 95.6 Å². The molecule has 3 aliphatic rings. The van der Waals surface area contributed by atoms with Gasteiger partial charge in [0.1, 0.15) is 12.3 Å². The largest absolute Gasteiger partial charge is 0.374 e. The minimum atomic E-state index is -0.980. The van der Waals surface area contributed by atoms with Crippen LogP contribution in [0.15, 0.2) is 78.9 Å². The monoisotopic (exact) mass is 570 g/mol. The van der Waals surface area contributed by atoms with Crippen molar-refractivity contribution in [2.75, 3.05) is 14.2 Å². The van der Waals surface area contributed by atoms with Crippen LogP contribution in [0, 0.1) is 0 Å². The SMILES string of the molecule is COC1C(N(C)C(=O)c2ccccc2)C[C@H]2OC1(C)n1c3ccccc3c3c4c(c5c6ccccc6n2c5c31)C(=O)NC4. The van der Waals surface area contributed by atoms with Crippen molar-refractivity contribution < 1.29 is 19.1 Å². The Bertz CT molecular complexity index is 2180. The van der Waals surface area contributed by atoms with Crippen LogP contribution in [0.5, 0.6) is 0 Å². The number of amides is 2. The molecule has 43 heavy (non-hydrogen) atoms. The second-order valence-electron chi connectivity index (χ2n) is 12.1. The topological polar surface area (TPSA) is 77.7 Å². The molecular formula is C35H30N4O4. The lowest BCUT2D eigenvalue weighted by Gasteiger charge is -2.50. The van der Waals surface area contributed by atoms with E-state index in [1.165, 1.54) is 0 Å². The fraction of sp³-hybridized carbons (Fsp3) is 0.257. The zero-order chi connectivity index (χ0) is 29.2. The van der Waals surface area contributed by atoms with E-state index < -0.39 is 18.1 Å². The van der Waals surface area contributed by atoms with Crippen LogP contribution in [0.2, 0.25) is 0 Å². The van der Waals surface area contributed by atoms with E-state index in [2.05, 4.69) is 45.6 Å². The molecule has 8 heteroatoms. The maximum Gasteiger partial charge on any atom is 0.253 e. The van der Waals surface area contributed by atoms with Gasteiger partial charge < -0.3 is 28.8 Å². The van der Waals surface area contributed by atoms with Gasteiger partial charge in [-0.15, -0.1) is 0 Å². The summed E-state index contributed by atoms with van der Waals surface area (Å²) in [5, 5.41) is 7.24. The molecule has 2 amide bonds. The third-order valence-electron chi connectivity index (χ3n) is 10.0. The molecule has 1 saturated heterocycles. The average Bonchev–Trinajstić information content (AvgIpc) is 3.68. The molecule has 2 bridgehead atoms. The molecule has 5 heterocycles. The van der Waals surface area contributed by atoms with Crippen LogP contribution in [-0.4, -0.2) is 52.2 Å². The number of para-hydroxylation sites is 2. The first kappa shape index (κ1) is 24.9. The molecule has 4 atom stereocenters. The van der Waals surface area contributed by atoms with E-state index in [0.29, 0.717) is 18.5 Å². The van der Waals surface area contributed by atoms with E-state index in [0.717, 1.165) is 54.7 Å². The van der Waals surface area contributed by atoms with Crippen molar-refractivity contribution in [3.8, 4) is 0 Å². The van der Waals surface area contributed by atoms with Crippen molar-refractivity contribution in [3.63, 3.8) is 0 Å². The van der Waals surface area contributed by atoms with Crippen LogP contribution in [0.4, 0.5) is 0 Å². The summed E-state index contributed by atoms with van der Waals surface area (Å²) < 4.78 is 18.1. The Balaban J connectivity index is 1.43. The number of carbonyl (C=O) groups excluding carboxylic acids is 2. The number of carbonyl (C=O) groups is 2. The summed E-state index contributed by atoms with van der Waals surface area (Å²) in [6.07, 6.45) is -0.386. The van der Waals surface area contributed by atoms with Gasteiger partial charge in [-0.1, -0.05) is 54.6 Å². The highest BCUT2D eigenvalue weighted by Crippen LogP contribution is 2.54. The zero-order valence-corrected chi connectivity index (χ0v) is 24.1. The smallest absolute Gasteiger partial charge is 0.253 e. The molecule has 3 aliphatic heterocycles. The van der Waals surface area contributed by atoms with Crippen LogP contribution in [-0.2, 0) is 21.7 Å². The number of ether oxygens (including phenoxy) is 2. The molecule has 6 aromatic rings. The standard InChI is InChI=1S/C35H30N4O4/c1-35-32(42-3)25(37(2)34(41)19-11-5-4-6-12-19)17-26(43-35)38-23-15-9-7-13-20(23)28-29-22(18-36-33(29)40)27-21-14-8-10-16-24(21)39(35)31(27)30(28)38/h4-16,25-26,32H,17-18H2,1-3H3,(H,36,40)/t25?,26-,32?,35?/m1/s1. The molecule has 3 unspecified atom stereocenters. The molecule has 9 rings (SSSR count). The molecule has 0 spiro atoms. The fourth-order valence-corrected chi connectivity index (χ4v) is 8.33.